The van der Waals surface area contributed by atoms with Crippen molar-refractivity contribution < 1.29 is 27.9 Å². The summed E-state index contributed by atoms with van der Waals surface area (Å²) >= 11 is 0. The van der Waals surface area contributed by atoms with Crippen molar-refractivity contribution in [3.8, 4) is 0 Å². The molecule has 0 atom stereocenters. The molecular weight excluding hydrogens is 289 g/mol. The van der Waals surface area contributed by atoms with E-state index in [0.29, 0.717) is 10.5 Å². The maximum atomic E-state index is 12.3. The Morgan fingerprint density at radius 2 is 1.90 bits per heavy atom. The highest BCUT2D eigenvalue weighted by atomic mass is 19.4. The van der Waals surface area contributed by atoms with Crippen molar-refractivity contribution in [3.05, 3.63) is 34.9 Å². The Balaban J connectivity index is 2.09. The Morgan fingerprint density at radius 3 is 2.48 bits per heavy atom. The van der Waals surface area contributed by atoms with Crippen LogP contribution in [0.4, 0.5) is 18.0 Å². The largest absolute Gasteiger partial charge is 0.478 e. The lowest BCUT2D eigenvalue weighted by molar-refractivity contribution is -0.138. The molecule has 2 rings (SSSR count). The molecule has 8 heteroatoms. The van der Waals surface area contributed by atoms with E-state index in [2.05, 4.69) is 0 Å². The van der Waals surface area contributed by atoms with E-state index in [-0.39, 0.29) is 18.7 Å². The lowest BCUT2D eigenvalue weighted by Crippen LogP contribution is -2.42. The molecule has 0 saturated carbocycles. The lowest BCUT2D eigenvalue weighted by Gasteiger charge is -2.25. The molecule has 1 heterocycles. The zero-order valence-corrected chi connectivity index (χ0v) is 11.1. The fourth-order valence-electron chi connectivity index (χ4n) is 2.24. The normalized spacial score (nSPS) is 14.0. The van der Waals surface area contributed by atoms with Crippen LogP contribution in [-0.2, 0) is 13.1 Å². The van der Waals surface area contributed by atoms with E-state index in [9.17, 15) is 22.8 Å². The second kappa shape index (κ2) is 5.27. The van der Waals surface area contributed by atoms with Gasteiger partial charge in [-0.2, -0.15) is 13.2 Å². The van der Waals surface area contributed by atoms with Crippen LogP contribution in [-0.4, -0.2) is 46.7 Å². The van der Waals surface area contributed by atoms with Gasteiger partial charge >= 0.3 is 18.2 Å². The third kappa shape index (κ3) is 3.45. The number of carbonyl (C=O) groups is 2. The number of amides is 2. The molecule has 0 spiro atoms. The Bertz CT molecular complexity index is 587. The highest BCUT2D eigenvalue weighted by Crippen LogP contribution is 2.25. The molecule has 21 heavy (non-hydrogen) atoms. The first-order chi connectivity index (χ1) is 9.67. The molecule has 2 amide bonds. The molecule has 0 aliphatic carbocycles. The van der Waals surface area contributed by atoms with Gasteiger partial charge in [-0.25, -0.2) is 9.59 Å². The maximum Gasteiger partial charge on any atom is 0.406 e. The summed E-state index contributed by atoms with van der Waals surface area (Å²) in [6, 6.07) is 3.69. The zero-order chi connectivity index (χ0) is 15.8. The molecule has 0 bridgehead atoms. The van der Waals surface area contributed by atoms with Crippen LogP contribution in [0.15, 0.2) is 18.2 Å². The van der Waals surface area contributed by atoms with Gasteiger partial charge in [-0.05, 0) is 23.3 Å². The van der Waals surface area contributed by atoms with Crippen LogP contribution in [0.1, 0.15) is 21.5 Å². The van der Waals surface area contributed by atoms with Crippen molar-refractivity contribution in [3.63, 3.8) is 0 Å². The van der Waals surface area contributed by atoms with Crippen molar-refractivity contribution in [2.45, 2.75) is 19.3 Å². The summed E-state index contributed by atoms with van der Waals surface area (Å²) in [6.45, 7) is -1.03. The molecule has 0 fully saturated rings. The second-order valence-electron chi connectivity index (χ2n) is 4.90. The van der Waals surface area contributed by atoms with Gasteiger partial charge in [0.15, 0.2) is 0 Å². The van der Waals surface area contributed by atoms with Crippen molar-refractivity contribution >= 4 is 12.0 Å². The van der Waals surface area contributed by atoms with Crippen LogP contribution < -0.4 is 0 Å². The first kappa shape index (κ1) is 15.1. The van der Waals surface area contributed by atoms with Gasteiger partial charge < -0.3 is 14.9 Å². The molecule has 0 unspecified atom stereocenters. The Kier molecular flexibility index (Phi) is 3.80. The molecule has 1 N–H and O–H groups in total. The highest BCUT2D eigenvalue weighted by molar-refractivity contribution is 5.88. The van der Waals surface area contributed by atoms with E-state index in [4.69, 9.17) is 5.11 Å². The Morgan fingerprint density at radius 1 is 1.29 bits per heavy atom. The van der Waals surface area contributed by atoms with E-state index in [1.807, 2.05) is 0 Å². The third-order valence-corrected chi connectivity index (χ3v) is 3.19. The van der Waals surface area contributed by atoms with Gasteiger partial charge in [-0.3, -0.25) is 0 Å². The summed E-state index contributed by atoms with van der Waals surface area (Å²) in [4.78, 5) is 24.7. The van der Waals surface area contributed by atoms with Gasteiger partial charge in [0.05, 0.1) is 5.56 Å². The summed E-state index contributed by atoms with van der Waals surface area (Å²) in [7, 11) is 1.08. The number of carboxylic acid groups (broad SMARTS) is 1. The molecular formula is C13H13F3N2O3. The van der Waals surface area contributed by atoms with Gasteiger partial charge in [0, 0.05) is 20.1 Å². The number of aromatic carboxylic acids is 1. The number of urea groups is 1. The van der Waals surface area contributed by atoms with Gasteiger partial charge in [0.25, 0.3) is 0 Å². The number of rotatable bonds is 2. The predicted octanol–water partition coefficient (Wildman–Crippen LogP) is 2.31. The highest BCUT2D eigenvalue weighted by Gasteiger charge is 2.34. The second-order valence-corrected chi connectivity index (χ2v) is 4.90. The SMILES string of the molecule is CN(CC(F)(F)F)C(=O)N1Cc2ccc(C(=O)O)cc2C1. The molecule has 1 aromatic carbocycles. The van der Waals surface area contributed by atoms with Crippen LogP contribution in [0.3, 0.4) is 0 Å². The van der Waals surface area contributed by atoms with E-state index >= 15 is 0 Å². The van der Waals surface area contributed by atoms with E-state index in [1.54, 1.807) is 6.07 Å². The van der Waals surface area contributed by atoms with Gasteiger partial charge in [0.2, 0.25) is 0 Å². The Labute approximate surface area is 118 Å². The zero-order valence-electron chi connectivity index (χ0n) is 11.1. The molecule has 0 aromatic heterocycles. The molecule has 1 aliphatic rings. The number of carboxylic acids is 1. The number of benzene rings is 1. The first-order valence-electron chi connectivity index (χ1n) is 6.09. The fraction of sp³-hybridized carbons (Fsp3) is 0.385. The Hall–Kier alpha value is -2.25. The quantitative estimate of drug-likeness (QED) is 0.912. The summed E-state index contributed by atoms with van der Waals surface area (Å²) in [6.07, 6.45) is -4.45. The van der Waals surface area contributed by atoms with Crippen LogP contribution in [0, 0.1) is 0 Å². The summed E-state index contributed by atoms with van der Waals surface area (Å²) in [5.41, 5.74) is 1.48. The average Bonchev–Trinajstić information content (AvgIpc) is 2.78. The third-order valence-electron chi connectivity index (χ3n) is 3.19. The van der Waals surface area contributed by atoms with Crippen LogP contribution in [0.25, 0.3) is 0 Å². The first-order valence-corrected chi connectivity index (χ1v) is 6.09. The van der Waals surface area contributed by atoms with Gasteiger partial charge in [-0.1, -0.05) is 6.07 Å². The topological polar surface area (TPSA) is 60.9 Å². The number of alkyl halides is 3. The van der Waals surface area contributed by atoms with Crippen molar-refractivity contribution in [1.82, 2.24) is 9.80 Å². The van der Waals surface area contributed by atoms with Crippen LogP contribution in [0.2, 0.25) is 0 Å². The summed E-state index contributed by atoms with van der Waals surface area (Å²) in [5, 5.41) is 8.89. The minimum Gasteiger partial charge on any atom is -0.478 e. The number of carbonyl (C=O) groups excluding carboxylic acids is 1. The molecule has 1 aliphatic heterocycles. The minimum atomic E-state index is -4.45. The van der Waals surface area contributed by atoms with Crippen molar-refractivity contribution in [1.29, 1.82) is 0 Å². The van der Waals surface area contributed by atoms with E-state index in [1.165, 1.54) is 17.0 Å². The fourth-order valence-corrected chi connectivity index (χ4v) is 2.24. The van der Waals surface area contributed by atoms with Crippen molar-refractivity contribution in [2.75, 3.05) is 13.6 Å². The lowest BCUT2D eigenvalue weighted by atomic mass is 10.1. The summed E-state index contributed by atoms with van der Waals surface area (Å²) < 4.78 is 36.8. The standard InChI is InChI=1S/C13H13F3N2O3/c1-17(7-13(14,15)16)12(21)18-5-9-3-2-8(11(19)20)4-10(9)6-18/h2-4H,5-7H2,1H3,(H,19,20). The minimum absolute atomic E-state index is 0.0895. The molecule has 0 radical (unpaired) electrons. The van der Waals surface area contributed by atoms with Crippen LogP contribution in [0.5, 0.6) is 0 Å². The van der Waals surface area contributed by atoms with Crippen molar-refractivity contribution in [2.24, 2.45) is 0 Å². The predicted molar refractivity (Wildman–Crippen MR) is 66.7 cm³/mol. The maximum absolute atomic E-state index is 12.3. The average molecular weight is 302 g/mol. The molecule has 1 aromatic rings. The van der Waals surface area contributed by atoms with Crippen LogP contribution >= 0.6 is 0 Å². The smallest absolute Gasteiger partial charge is 0.406 e. The molecule has 5 nitrogen and oxygen atoms in total. The summed E-state index contributed by atoms with van der Waals surface area (Å²) in [5.74, 6) is -1.09. The number of hydrogen-bond acceptors (Lipinski definition) is 2. The van der Waals surface area contributed by atoms with E-state index in [0.717, 1.165) is 12.6 Å². The van der Waals surface area contributed by atoms with Gasteiger partial charge in [0.1, 0.15) is 6.54 Å². The van der Waals surface area contributed by atoms with E-state index < -0.39 is 24.7 Å². The number of halogens is 3. The monoisotopic (exact) mass is 302 g/mol. The molecule has 114 valence electrons. The number of hydrogen-bond donors (Lipinski definition) is 1. The van der Waals surface area contributed by atoms with Gasteiger partial charge in [-0.15, -0.1) is 0 Å². The molecule has 0 saturated heterocycles. The number of nitrogens with zero attached hydrogens (tertiary/aromatic N) is 2. The number of fused-ring (bicyclic) bond motifs is 1.